The number of nitrogens with one attached hydrogen (secondary N) is 2. The molecule has 29 heavy (non-hydrogen) atoms. The van der Waals surface area contributed by atoms with Crippen molar-refractivity contribution >= 4 is 17.5 Å². The lowest BCUT2D eigenvalue weighted by atomic mass is 10.1. The van der Waals surface area contributed by atoms with Crippen LogP contribution in [0.5, 0.6) is 0 Å². The number of H-pyrrole nitrogens is 1. The number of Topliss-reactive ketones (excluding diaryl/α,β-unsaturated/α-hetero) is 1. The van der Waals surface area contributed by atoms with E-state index in [-0.39, 0.29) is 29.4 Å². The van der Waals surface area contributed by atoms with Gasteiger partial charge < -0.3 is 11.1 Å². The van der Waals surface area contributed by atoms with Crippen LogP contribution in [0.2, 0.25) is 0 Å². The molecular weight excluding hydrogens is 376 g/mol. The molecule has 0 saturated carbocycles. The molecule has 2 rings (SSSR count). The second-order valence-electron chi connectivity index (χ2n) is 8.44. The number of hydrogen-bond donors (Lipinski definition) is 3. The van der Waals surface area contributed by atoms with Crippen LogP contribution in [0.15, 0.2) is 9.59 Å². The first-order valence-electron chi connectivity index (χ1n) is 9.93. The molecule has 4 N–H and O–H groups in total. The van der Waals surface area contributed by atoms with E-state index in [0.29, 0.717) is 45.7 Å². The number of anilines is 1. The van der Waals surface area contributed by atoms with Crippen LogP contribution in [0.1, 0.15) is 44.5 Å². The van der Waals surface area contributed by atoms with Crippen LogP contribution in [0.4, 0.5) is 5.82 Å². The Morgan fingerprint density at radius 2 is 1.62 bits per heavy atom. The molecular formula is C19H32N6O4. The first-order valence-corrected chi connectivity index (χ1v) is 9.93. The Kier molecular flexibility index (Phi) is 7.37. The first kappa shape index (κ1) is 22.8. The monoisotopic (exact) mass is 408 g/mol. The smallest absolute Gasteiger partial charge is 0.329 e. The zero-order chi connectivity index (χ0) is 21.8. The fourth-order valence-corrected chi connectivity index (χ4v) is 3.35. The van der Waals surface area contributed by atoms with Gasteiger partial charge in [-0.05, 0) is 27.2 Å². The molecule has 10 nitrogen and oxygen atoms in total. The number of nitrogens with two attached hydrogens (primary N) is 1. The van der Waals surface area contributed by atoms with E-state index in [0.717, 1.165) is 0 Å². The summed E-state index contributed by atoms with van der Waals surface area (Å²) in [7, 11) is 0. The molecule has 0 bridgehead atoms. The van der Waals surface area contributed by atoms with E-state index in [9.17, 15) is 19.2 Å². The van der Waals surface area contributed by atoms with Crippen LogP contribution < -0.4 is 22.3 Å². The number of carbonyl (C=O) groups is 2. The van der Waals surface area contributed by atoms with Crippen LogP contribution >= 0.6 is 0 Å². The fraction of sp³-hybridized carbons (Fsp3) is 0.684. The summed E-state index contributed by atoms with van der Waals surface area (Å²) in [5, 5.41) is 2.94. The van der Waals surface area contributed by atoms with Gasteiger partial charge >= 0.3 is 5.69 Å². The molecule has 0 spiro atoms. The third-order valence-corrected chi connectivity index (χ3v) is 4.68. The molecule has 1 aromatic heterocycles. The van der Waals surface area contributed by atoms with Gasteiger partial charge in [0.05, 0.1) is 13.1 Å². The molecule has 1 aliphatic heterocycles. The zero-order valence-corrected chi connectivity index (χ0v) is 17.7. The van der Waals surface area contributed by atoms with Crippen molar-refractivity contribution in [2.24, 2.45) is 0 Å². The van der Waals surface area contributed by atoms with Gasteiger partial charge in [0.15, 0.2) is 5.78 Å². The Bertz CT molecular complexity index is 859. The summed E-state index contributed by atoms with van der Waals surface area (Å²) in [6, 6.07) is 0. The average Bonchev–Trinajstić information content (AvgIpc) is 2.58. The highest BCUT2D eigenvalue weighted by Gasteiger charge is 2.25. The van der Waals surface area contributed by atoms with E-state index in [4.69, 9.17) is 5.73 Å². The molecule has 162 valence electrons. The van der Waals surface area contributed by atoms with E-state index >= 15 is 0 Å². The molecule has 1 saturated heterocycles. The lowest BCUT2D eigenvalue weighted by molar-refractivity contribution is -0.124. The van der Waals surface area contributed by atoms with Gasteiger partial charge in [-0.1, -0.05) is 6.92 Å². The Morgan fingerprint density at radius 3 is 2.14 bits per heavy atom. The number of rotatable bonds is 7. The highest BCUT2D eigenvalue weighted by molar-refractivity contribution is 6.01. The number of ketones is 1. The minimum absolute atomic E-state index is 0.0282. The standard InChI is InChI=1S/C19H32N6O4/c1-5-6-25-16(20)15(17(28)21-18(25)29)13(26)11-23-7-9-24(10-8-23)12-14(27)22-19(2,3)4/h5-12,20H2,1-4H3,(H,22,27)(H,21,28,29). The van der Waals surface area contributed by atoms with Gasteiger partial charge in [0.2, 0.25) is 5.91 Å². The van der Waals surface area contributed by atoms with Crippen LogP contribution in [0.25, 0.3) is 0 Å². The van der Waals surface area contributed by atoms with Crippen LogP contribution in [0.3, 0.4) is 0 Å². The van der Waals surface area contributed by atoms with E-state index in [2.05, 4.69) is 10.3 Å². The quantitative estimate of drug-likeness (QED) is 0.505. The number of aromatic amines is 1. The van der Waals surface area contributed by atoms with Gasteiger partial charge in [-0.15, -0.1) is 0 Å². The summed E-state index contributed by atoms with van der Waals surface area (Å²) >= 11 is 0. The molecule has 0 radical (unpaired) electrons. The van der Waals surface area contributed by atoms with E-state index in [1.165, 1.54) is 4.57 Å². The van der Waals surface area contributed by atoms with Crippen molar-refractivity contribution in [1.29, 1.82) is 0 Å². The second kappa shape index (κ2) is 9.36. The predicted octanol–water partition coefficient (Wildman–Crippen LogP) is -0.756. The second-order valence-corrected chi connectivity index (χ2v) is 8.44. The summed E-state index contributed by atoms with van der Waals surface area (Å²) in [6.45, 7) is 10.9. The zero-order valence-electron chi connectivity index (χ0n) is 17.7. The fourth-order valence-electron chi connectivity index (χ4n) is 3.35. The van der Waals surface area contributed by atoms with Crippen molar-refractivity contribution in [3.05, 3.63) is 26.4 Å². The Labute approximate surface area is 170 Å². The lowest BCUT2D eigenvalue weighted by Gasteiger charge is -2.34. The third-order valence-electron chi connectivity index (χ3n) is 4.68. The Morgan fingerprint density at radius 1 is 1.07 bits per heavy atom. The molecule has 0 aliphatic carbocycles. The number of nitrogens with zero attached hydrogens (tertiary/aromatic N) is 3. The van der Waals surface area contributed by atoms with Gasteiger partial charge in [0.25, 0.3) is 5.56 Å². The minimum atomic E-state index is -0.748. The van der Waals surface area contributed by atoms with Gasteiger partial charge in [0, 0.05) is 38.3 Å². The SMILES string of the molecule is CCCn1c(N)c(C(=O)CN2CCN(CC(=O)NC(C)(C)C)CC2)c(=O)[nH]c1=O. The summed E-state index contributed by atoms with van der Waals surface area (Å²) in [4.78, 5) is 54.9. The molecule has 1 amide bonds. The van der Waals surface area contributed by atoms with Crippen LogP contribution in [-0.2, 0) is 11.3 Å². The van der Waals surface area contributed by atoms with Crippen molar-refractivity contribution in [2.45, 2.75) is 46.2 Å². The Hall–Kier alpha value is -2.46. The van der Waals surface area contributed by atoms with Crippen LogP contribution in [-0.4, -0.2) is 75.8 Å². The van der Waals surface area contributed by atoms with Gasteiger partial charge in [-0.2, -0.15) is 0 Å². The molecule has 0 atom stereocenters. The van der Waals surface area contributed by atoms with Gasteiger partial charge in [-0.3, -0.25) is 33.7 Å². The maximum atomic E-state index is 12.7. The lowest BCUT2D eigenvalue weighted by Crippen LogP contribution is -2.52. The molecule has 0 unspecified atom stereocenters. The highest BCUT2D eigenvalue weighted by atomic mass is 16.2. The number of carbonyl (C=O) groups excluding carboxylic acids is 2. The van der Waals surface area contributed by atoms with Gasteiger partial charge in [0.1, 0.15) is 11.4 Å². The molecule has 1 aromatic rings. The molecule has 1 fully saturated rings. The van der Waals surface area contributed by atoms with Crippen molar-refractivity contribution in [2.75, 3.05) is 45.0 Å². The largest absolute Gasteiger partial charge is 0.384 e. The van der Waals surface area contributed by atoms with E-state index in [1.54, 1.807) is 0 Å². The summed E-state index contributed by atoms with van der Waals surface area (Å²) in [5.41, 5.74) is 4.17. The first-order chi connectivity index (χ1) is 13.5. The number of amides is 1. The molecule has 0 aromatic carbocycles. The third kappa shape index (κ3) is 6.26. The highest BCUT2D eigenvalue weighted by Crippen LogP contribution is 2.09. The summed E-state index contributed by atoms with van der Waals surface area (Å²) < 4.78 is 1.22. The predicted molar refractivity (Wildman–Crippen MR) is 111 cm³/mol. The Balaban J connectivity index is 1.97. The average molecular weight is 409 g/mol. The van der Waals surface area contributed by atoms with E-state index in [1.807, 2.05) is 37.5 Å². The maximum Gasteiger partial charge on any atom is 0.329 e. The van der Waals surface area contributed by atoms with Crippen molar-refractivity contribution in [3.8, 4) is 0 Å². The minimum Gasteiger partial charge on any atom is -0.384 e. The summed E-state index contributed by atoms with van der Waals surface area (Å²) in [5.74, 6) is -0.518. The topological polar surface area (TPSA) is 134 Å². The maximum absolute atomic E-state index is 12.7. The normalized spacial score (nSPS) is 16.0. The molecule has 2 heterocycles. The van der Waals surface area contributed by atoms with Gasteiger partial charge in [-0.25, -0.2) is 4.79 Å². The number of piperazine rings is 1. The number of nitrogen functional groups attached to an aromatic ring is 1. The number of aromatic nitrogens is 2. The molecule has 1 aliphatic rings. The van der Waals surface area contributed by atoms with Crippen molar-refractivity contribution < 1.29 is 9.59 Å². The van der Waals surface area contributed by atoms with Crippen molar-refractivity contribution in [3.63, 3.8) is 0 Å². The van der Waals surface area contributed by atoms with Crippen molar-refractivity contribution in [1.82, 2.24) is 24.7 Å². The van der Waals surface area contributed by atoms with Crippen LogP contribution in [0, 0.1) is 0 Å². The molecule has 10 heteroatoms. The summed E-state index contributed by atoms with van der Waals surface area (Å²) in [6.07, 6.45) is 0.647. The number of hydrogen-bond acceptors (Lipinski definition) is 7. The van der Waals surface area contributed by atoms with E-state index < -0.39 is 17.0 Å².